The van der Waals surface area contributed by atoms with E-state index in [0.29, 0.717) is 0 Å². The average molecular weight is 306 g/mol. The summed E-state index contributed by atoms with van der Waals surface area (Å²) in [6, 6.07) is 4.80. The van der Waals surface area contributed by atoms with Crippen LogP contribution in [0.15, 0.2) is 23.1 Å². The summed E-state index contributed by atoms with van der Waals surface area (Å²) in [7, 11) is -2.49. The van der Waals surface area contributed by atoms with Gasteiger partial charge >= 0.3 is 5.97 Å². The number of benzene rings is 1. The number of alkyl halides is 1. The molecular weight excluding hydrogens is 290 g/mol. The maximum atomic E-state index is 12.0. The van der Waals surface area contributed by atoms with Crippen molar-refractivity contribution < 1.29 is 17.9 Å². The van der Waals surface area contributed by atoms with Gasteiger partial charge in [-0.2, -0.15) is 0 Å². The molecule has 0 aromatic heterocycles. The van der Waals surface area contributed by atoms with Gasteiger partial charge in [-0.25, -0.2) is 13.1 Å². The van der Waals surface area contributed by atoms with Gasteiger partial charge < -0.3 is 4.74 Å². The molecule has 1 aromatic carbocycles. The van der Waals surface area contributed by atoms with E-state index < -0.39 is 21.4 Å². The van der Waals surface area contributed by atoms with Crippen LogP contribution in [-0.4, -0.2) is 33.4 Å². The van der Waals surface area contributed by atoms with Crippen LogP contribution in [0.2, 0.25) is 0 Å². The molecule has 0 spiro atoms. The lowest BCUT2D eigenvalue weighted by Crippen LogP contribution is -2.34. The van der Waals surface area contributed by atoms with E-state index in [-0.39, 0.29) is 11.4 Å². The fourth-order valence-electron chi connectivity index (χ4n) is 1.36. The van der Waals surface area contributed by atoms with E-state index >= 15 is 0 Å². The monoisotopic (exact) mass is 305 g/mol. The molecule has 0 radical (unpaired) electrons. The van der Waals surface area contributed by atoms with Gasteiger partial charge in [0, 0.05) is 6.54 Å². The zero-order valence-corrected chi connectivity index (χ0v) is 12.5. The minimum Gasteiger partial charge on any atom is -0.468 e. The van der Waals surface area contributed by atoms with E-state index in [1.165, 1.54) is 13.2 Å². The Balaban J connectivity index is 2.81. The van der Waals surface area contributed by atoms with Crippen molar-refractivity contribution in [3.05, 3.63) is 29.3 Å². The van der Waals surface area contributed by atoms with Crippen molar-refractivity contribution >= 4 is 27.6 Å². The van der Waals surface area contributed by atoms with E-state index in [4.69, 9.17) is 11.6 Å². The Morgan fingerprint density at radius 3 is 2.53 bits per heavy atom. The fraction of sp³-hybridized carbons (Fsp3) is 0.417. The quantitative estimate of drug-likeness (QED) is 0.658. The van der Waals surface area contributed by atoms with Crippen LogP contribution in [0, 0.1) is 13.8 Å². The summed E-state index contributed by atoms with van der Waals surface area (Å²) in [4.78, 5) is 11.2. The highest BCUT2D eigenvalue weighted by molar-refractivity contribution is 7.89. The molecule has 1 N–H and O–H groups in total. The number of nitrogens with one attached hydrogen (secondary N) is 1. The SMILES string of the molecule is COC(=O)C(Cl)CNS(=O)(=O)c1ccc(C)c(C)c1. The van der Waals surface area contributed by atoms with Crippen molar-refractivity contribution in [2.45, 2.75) is 24.1 Å². The van der Waals surface area contributed by atoms with Gasteiger partial charge in [-0.05, 0) is 37.1 Å². The number of halogens is 1. The number of ether oxygens (including phenoxy) is 1. The average Bonchev–Trinajstić information content (AvgIpc) is 2.38. The van der Waals surface area contributed by atoms with Gasteiger partial charge in [0.2, 0.25) is 10.0 Å². The summed E-state index contributed by atoms with van der Waals surface area (Å²) in [5.41, 5.74) is 1.88. The Morgan fingerprint density at radius 1 is 1.37 bits per heavy atom. The molecule has 19 heavy (non-hydrogen) atoms. The summed E-state index contributed by atoms with van der Waals surface area (Å²) in [5.74, 6) is -0.676. The molecule has 7 heteroatoms. The first-order chi connectivity index (χ1) is 8.77. The van der Waals surface area contributed by atoms with Gasteiger partial charge in [0.1, 0.15) is 5.38 Å². The highest BCUT2D eigenvalue weighted by Crippen LogP contribution is 2.14. The summed E-state index contributed by atoms with van der Waals surface area (Å²) < 4.78 is 30.7. The Labute approximate surface area is 118 Å². The molecule has 1 aromatic rings. The lowest BCUT2D eigenvalue weighted by Gasteiger charge is -2.10. The van der Waals surface area contributed by atoms with Crippen molar-refractivity contribution in [1.82, 2.24) is 4.72 Å². The summed E-state index contributed by atoms with van der Waals surface area (Å²) in [5, 5.41) is -1.05. The normalized spacial score (nSPS) is 13.1. The van der Waals surface area contributed by atoms with Crippen LogP contribution in [0.3, 0.4) is 0 Å². The van der Waals surface area contributed by atoms with E-state index in [1.54, 1.807) is 12.1 Å². The maximum Gasteiger partial charge on any atom is 0.325 e. The van der Waals surface area contributed by atoms with Crippen LogP contribution in [0.25, 0.3) is 0 Å². The largest absolute Gasteiger partial charge is 0.468 e. The van der Waals surface area contributed by atoms with Crippen LogP contribution >= 0.6 is 11.6 Å². The molecule has 0 aliphatic rings. The topological polar surface area (TPSA) is 72.5 Å². The van der Waals surface area contributed by atoms with Gasteiger partial charge in [0.25, 0.3) is 0 Å². The highest BCUT2D eigenvalue weighted by Gasteiger charge is 2.20. The first-order valence-corrected chi connectivity index (χ1v) is 7.48. The van der Waals surface area contributed by atoms with E-state index in [1.807, 2.05) is 13.8 Å². The molecule has 1 unspecified atom stereocenters. The first kappa shape index (κ1) is 15.9. The lowest BCUT2D eigenvalue weighted by molar-refractivity contribution is -0.140. The van der Waals surface area contributed by atoms with E-state index in [9.17, 15) is 13.2 Å². The summed E-state index contributed by atoms with van der Waals surface area (Å²) >= 11 is 5.68. The molecule has 1 rings (SSSR count). The molecule has 0 aliphatic carbocycles. The zero-order valence-electron chi connectivity index (χ0n) is 10.9. The fourth-order valence-corrected chi connectivity index (χ4v) is 2.75. The number of esters is 1. The molecule has 5 nitrogen and oxygen atoms in total. The second-order valence-corrected chi connectivity index (χ2v) is 6.38. The number of rotatable bonds is 5. The smallest absolute Gasteiger partial charge is 0.325 e. The third-order valence-corrected chi connectivity index (χ3v) is 4.45. The predicted molar refractivity (Wildman–Crippen MR) is 72.8 cm³/mol. The van der Waals surface area contributed by atoms with Crippen molar-refractivity contribution in [2.75, 3.05) is 13.7 Å². The number of sulfonamides is 1. The number of hydrogen-bond acceptors (Lipinski definition) is 4. The van der Waals surface area contributed by atoms with Crippen LogP contribution < -0.4 is 4.72 Å². The molecule has 106 valence electrons. The summed E-state index contributed by atoms with van der Waals surface area (Å²) in [6.07, 6.45) is 0. The van der Waals surface area contributed by atoms with E-state index in [2.05, 4.69) is 9.46 Å². The number of hydrogen-bond donors (Lipinski definition) is 1. The minimum atomic E-state index is -3.68. The number of carbonyl (C=O) groups excluding carboxylic acids is 1. The molecule has 0 saturated heterocycles. The maximum absolute atomic E-state index is 12.0. The summed E-state index contributed by atoms with van der Waals surface area (Å²) in [6.45, 7) is 3.50. The van der Waals surface area contributed by atoms with Crippen LogP contribution in [0.4, 0.5) is 0 Å². The third-order valence-electron chi connectivity index (χ3n) is 2.70. The molecule has 0 amide bonds. The Morgan fingerprint density at radius 2 is 2.00 bits per heavy atom. The first-order valence-electron chi connectivity index (χ1n) is 5.56. The lowest BCUT2D eigenvalue weighted by atomic mass is 10.1. The zero-order chi connectivity index (χ0) is 14.6. The molecule has 1 atom stereocenters. The van der Waals surface area contributed by atoms with Crippen LogP contribution in [0.1, 0.15) is 11.1 Å². The number of carbonyl (C=O) groups is 1. The van der Waals surface area contributed by atoms with Crippen molar-refractivity contribution in [1.29, 1.82) is 0 Å². The number of aryl methyl sites for hydroxylation is 2. The number of methoxy groups -OCH3 is 1. The Hall–Kier alpha value is -1.11. The molecule has 0 saturated carbocycles. The Kier molecular flexibility index (Phi) is 5.34. The Bertz CT molecular complexity index is 571. The second kappa shape index (κ2) is 6.36. The van der Waals surface area contributed by atoms with Gasteiger partial charge in [-0.15, -0.1) is 11.6 Å². The highest BCUT2D eigenvalue weighted by atomic mass is 35.5. The van der Waals surface area contributed by atoms with Gasteiger partial charge in [-0.1, -0.05) is 6.07 Å². The van der Waals surface area contributed by atoms with Crippen molar-refractivity contribution in [2.24, 2.45) is 0 Å². The minimum absolute atomic E-state index is 0.143. The van der Waals surface area contributed by atoms with Crippen molar-refractivity contribution in [3.8, 4) is 0 Å². The third kappa shape index (κ3) is 4.19. The molecule has 0 aliphatic heterocycles. The molecular formula is C12H16ClNO4S. The van der Waals surface area contributed by atoms with Crippen LogP contribution in [-0.2, 0) is 19.6 Å². The van der Waals surface area contributed by atoms with Gasteiger partial charge in [-0.3, -0.25) is 4.79 Å². The molecule has 0 fully saturated rings. The van der Waals surface area contributed by atoms with Crippen molar-refractivity contribution in [3.63, 3.8) is 0 Å². The molecule has 0 heterocycles. The molecule has 0 bridgehead atoms. The van der Waals surface area contributed by atoms with Crippen LogP contribution in [0.5, 0.6) is 0 Å². The van der Waals surface area contributed by atoms with Gasteiger partial charge in [0.05, 0.1) is 12.0 Å². The predicted octanol–water partition coefficient (Wildman–Crippen LogP) is 1.36. The standard InChI is InChI=1S/C12H16ClNO4S/c1-8-4-5-10(6-9(8)2)19(16,17)14-7-11(13)12(15)18-3/h4-6,11,14H,7H2,1-3H3. The second-order valence-electron chi connectivity index (χ2n) is 4.09. The van der Waals surface area contributed by atoms with Gasteiger partial charge in [0.15, 0.2) is 0 Å². The van der Waals surface area contributed by atoms with E-state index in [0.717, 1.165) is 11.1 Å².